The van der Waals surface area contributed by atoms with Crippen LogP contribution in [0.2, 0.25) is 0 Å². The van der Waals surface area contributed by atoms with Gasteiger partial charge in [0.2, 0.25) is 5.89 Å². The van der Waals surface area contributed by atoms with Crippen LogP contribution in [0.1, 0.15) is 37.0 Å². The molecular weight excluding hydrogens is 401 g/mol. The van der Waals surface area contributed by atoms with Crippen LogP contribution in [0, 0.1) is 5.82 Å². The van der Waals surface area contributed by atoms with Gasteiger partial charge in [0.15, 0.2) is 16.8 Å². The summed E-state index contributed by atoms with van der Waals surface area (Å²) in [6, 6.07) is 16.4. The van der Waals surface area contributed by atoms with Crippen molar-refractivity contribution in [3.05, 3.63) is 77.7 Å². The molecule has 4 aromatic rings. The zero-order valence-electron chi connectivity index (χ0n) is 16.7. The van der Waals surface area contributed by atoms with Crippen LogP contribution in [0.4, 0.5) is 4.39 Å². The van der Waals surface area contributed by atoms with Gasteiger partial charge < -0.3 is 4.52 Å². The number of nitrogens with zero attached hydrogens (tertiary/aromatic N) is 5. The van der Waals surface area contributed by atoms with Crippen molar-refractivity contribution in [2.24, 2.45) is 0 Å². The minimum absolute atomic E-state index is 0.280. The van der Waals surface area contributed by atoms with E-state index in [0.29, 0.717) is 24.0 Å². The Morgan fingerprint density at radius 1 is 1.03 bits per heavy atom. The number of thioether (sulfide) groups is 1. The molecule has 2 aromatic heterocycles. The summed E-state index contributed by atoms with van der Waals surface area (Å²) < 4.78 is 20.8. The van der Waals surface area contributed by atoms with Gasteiger partial charge in [0.05, 0.1) is 12.3 Å². The van der Waals surface area contributed by atoms with Crippen LogP contribution in [-0.2, 0) is 18.7 Å². The Morgan fingerprint density at radius 2 is 1.83 bits per heavy atom. The second-order valence-corrected chi connectivity index (χ2v) is 7.82. The van der Waals surface area contributed by atoms with E-state index in [9.17, 15) is 4.39 Å². The molecule has 0 spiro atoms. The SMILES string of the molecule is CCCCc1noc(CSc2nnc(-c3ccc(F)cc3)n2Cc2ccccc2)n1. The van der Waals surface area contributed by atoms with E-state index in [0.717, 1.165) is 41.4 Å². The van der Waals surface area contributed by atoms with Gasteiger partial charge in [-0.05, 0) is 36.2 Å². The number of aromatic nitrogens is 5. The Bertz CT molecular complexity index is 1080. The third-order valence-corrected chi connectivity index (χ3v) is 5.54. The molecule has 0 amide bonds. The lowest BCUT2D eigenvalue weighted by molar-refractivity contribution is 0.384. The Kier molecular flexibility index (Phi) is 6.53. The molecule has 2 heterocycles. The molecule has 4 rings (SSSR count). The molecule has 0 saturated heterocycles. The van der Waals surface area contributed by atoms with E-state index in [1.165, 1.54) is 23.9 Å². The first-order chi connectivity index (χ1) is 14.7. The summed E-state index contributed by atoms with van der Waals surface area (Å²) in [6.07, 6.45) is 2.95. The molecule has 0 radical (unpaired) electrons. The monoisotopic (exact) mass is 423 g/mol. The van der Waals surface area contributed by atoms with E-state index in [4.69, 9.17) is 4.52 Å². The zero-order chi connectivity index (χ0) is 20.8. The van der Waals surface area contributed by atoms with Crippen molar-refractivity contribution in [3.8, 4) is 11.4 Å². The standard InChI is InChI=1S/C22H22FN5OS/c1-2-3-9-19-24-20(29-27-19)15-30-22-26-25-21(17-10-12-18(23)13-11-17)28(22)14-16-7-5-4-6-8-16/h4-8,10-13H,2-3,9,14-15H2,1H3. The summed E-state index contributed by atoms with van der Waals surface area (Å²) in [5.74, 6) is 2.23. The molecule has 0 fully saturated rings. The first-order valence-electron chi connectivity index (χ1n) is 9.90. The number of benzene rings is 2. The Morgan fingerprint density at radius 3 is 2.60 bits per heavy atom. The van der Waals surface area contributed by atoms with Gasteiger partial charge in [-0.1, -0.05) is 60.6 Å². The number of unbranched alkanes of at least 4 members (excludes halogenated alkanes) is 1. The van der Waals surface area contributed by atoms with Crippen LogP contribution < -0.4 is 0 Å². The number of rotatable bonds is 9. The Balaban J connectivity index is 1.57. The highest BCUT2D eigenvalue weighted by Crippen LogP contribution is 2.27. The second-order valence-electron chi connectivity index (χ2n) is 6.88. The average molecular weight is 424 g/mol. The van der Waals surface area contributed by atoms with Gasteiger partial charge >= 0.3 is 0 Å². The van der Waals surface area contributed by atoms with Crippen molar-refractivity contribution in [1.29, 1.82) is 0 Å². The fourth-order valence-corrected chi connectivity index (χ4v) is 3.80. The maximum absolute atomic E-state index is 13.4. The van der Waals surface area contributed by atoms with Crippen LogP contribution in [0.15, 0.2) is 64.3 Å². The highest BCUT2D eigenvalue weighted by molar-refractivity contribution is 7.98. The fourth-order valence-electron chi connectivity index (χ4n) is 3.03. The van der Waals surface area contributed by atoms with E-state index in [1.807, 2.05) is 22.8 Å². The van der Waals surface area contributed by atoms with Crippen molar-refractivity contribution in [1.82, 2.24) is 24.9 Å². The lowest BCUT2D eigenvalue weighted by atomic mass is 10.2. The summed E-state index contributed by atoms with van der Waals surface area (Å²) in [5.41, 5.74) is 1.94. The van der Waals surface area contributed by atoms with Crippen molar-refractivity contribution >= 4 is 11.8 Å². The lowest BCUT2D eigenvalue weighted by Gasteiger charge is -2.10. The van der Waals surface area contributed by atoms with Crippen molar-refractivity contribution < 1.29 is 8.91 Å². The Hall–Kier alpha value is -3.00. The maximum atomic E-state index is 13.4. The highest BCUT2D eigenvalue weighted by atomic mass is 32.2. The van der Waals surface area contributed by atoms with Crippen molar-refractivity contribution in [2.75, 3.05) is 0 Å². The zero-order valence-corrected chi connectivity index (χ0v) is 17.5. The van der Waals surface area contributed by atoms with Gasteiger partial charge in [0.1, 0.15) is 5.82 Å². The van der Waals surface area contributed by atoms with E-state index in [2.05, 4.69) is 39.4 Å². The number of hydrogen-bond donors (Lipinski definition) is 0. The summed E-state index contributed by atoms with van der Waals surface area (Å²) in [7, 11) is 0. The normalized spacial score (nSPS) is 11.1. The second kappa shape index (κ2) is 9.67. The average Bonchev–Trinajstić information content (AvgIpc) is 3.39. The molecule has 30 heavy (non-hydrogen) atoms. The maximum Gasteiger partial charge on any atom is 0.237 e. The van der Waals surface area contributed by atoms with E-state index in [-0.39, 0.29) is 5.82 Å². The molecule has 6 nitrogen and oxygen atoms in total. The topological polar surface area (TPSA) is 69.6 Å². The van der Waals surface area contributed by atoms with Gasteiger partial charge in [0, 0.05) is 12.0 Å². The number of aryl methyl sites for hydroxylation is 1. The third kappa shape index (κ3) is 4.94. The number of hydrogen-bond acceptors (Lipinski definition) is 6. The Labute approximate surface area is 178 Å². The van der Waals surface area contributed by atoms with Crippen molar-refractivity contribution in [3.63, 3.8) is 0 Å². The lowest BCUT2D eigenvalue weighted by Crippen LogP contribution is -2.04. The molecule has 8 heteroatoms. The fraction of sp³-hybridized carbons (Fsp3) is 0.273. The van der Waals surface area contributed by atoms with Gasteiger partial charge in [-0.3, -0.25) is 4.57 Å². The van der Waals surface area contributed by atoms with E-state index in [1.54, 1.807) is 12.1 Å². The van der Waals surface area contributed by atoms with E-state index >= 15 is 0 Å². The first kappa shape index (κ1) is 20.3. The summed E-state index contributed by atoms with van der Waals surface area (Å²) in [5, 5.41) is 13.5. The summed E-state index contributed by atoms with van der Waals surface area (Å²) in [4.78, 5) is 4.45. The predicted octanol–water partition coefficient (Wildman–Crippen LogP) is 5.15. The van der Waals surface area contributed by atoms with Gasteiger partial charge in [-0.15, -0.1) is 10.2 Å². The van der Waals surface area contributed by atoms with Gasteiger partial charge in [0.25, 0.3) is 0 Å². The largest absolute Gasteiger partial charge is 0.338 e. The molecule has 0 aliphatic heterocycles. The molecule has 0 aliphatic rings. The quantitative estimate of drug-likeness (QED) is 0.347. The minimum atomic E-state index is -0.280. The van der Waals surface area contributed by atoms with Crippen LogP contribution in [0.5, 0.6) is 0 Å². The van der Waals surface area contributed by atoms with Crippen LogP contribution >= 0.6 is 11.8 Å². The van der Waals surface area contributed by atoms with Gasteiger partial charge in [-0.2, -0.15) is 4.98 Å². The van der Waals surface area contributed by atoms with Crippen LogP contribution in [0.3, 0.4) is 0 Å². The molecule has 0 atom stereocenters. The smallest absolute Gasteiger partial charge is 0.237 e. The summed E-state index contributed by atoms with van der Waals surface area (Å²) >= 11 is 1.49. The van der Waals surface area contributed by atoms with Crippen molar-refractivity contribution in [2.45, 2.75) is 43.6 Å². The number of halogens is 1. The molecule has 0 bridgehead atoms. The molecule has 2 aromatic carbocycles. The van der Waals surface area contributed by atoms with Crippen LogP contribution in [0.25, 0.3) is 11.4 Å². The summed E-state index contributed by atoms with van der Waals surface area (Å²) in [6.45, 7) is 2.74. The molecule has 154 valence electrons. The van der Waals surface area contributed by atoms with Gasteiger partial charge in [-0.25, -0.2) is 4.39 Å². The highest BCUT2D eigenvalue weighted by Gasteiger charge is 2.16. The molecule has 0 unspecified atom stereocenters. The predicted molar refractivity (Wildman–Crippen MR) is 113 cm³/mol. The van der Waals surface area contributed by atoms with E-state index < -0.39 is 0 Å². The van der Waals surface area contributed by atoms with Crippen LogP contribution in [-0.4, -0.2) is 24.9 Å². The molecule has 0 saturated carbocycles. The first-order valence-corrected chi connectivity index (χ1v) is 10.9. The molecule has 0 aliphatic carbocycles. The third-order valence-electron chi connectivity index (χ3n) is 4.59. The molecule has 0 N–H and O–H groups in total. The molecular formula is C22H22FN5OS. The minimum Gasteiger partial charge on any atom is -0.338 e.